The third-order valence-corrected chi connectivity index (χ3v) is 2.83. The Morgan fingerprint density at radius 1 is 1.31 bits per heavy atom. The SMILES string of the molecule is C=CC(=O)N[C@H](C(=O)N1CCCC1)C(C)C. The molecule has 0 aromatic rings. The van der Waals surface area contributed by atoms with Crippen LogP contribution in [0.15, 0.2) is 12.7 Å². The second-order valence-electron chi connectivity index (χ2n) is 4.47. The first kappa shape index (κ1) is 12.7. The van der Waals surface area contributed by atoms with Crippen LogP contribution in [0.2, 0.25) is 0 Å². The van der Waals surface area contributed by atoms with E-state index < -0.39 is 6.04 Å². The molecule has 90 valence electrons. The Labute approximate surface area is 96.7 Å². The van der Waals surface area contributed by atoms with Gasteiger partial charge in [-0.3, -0.25) is 9.59 Å². The molecule has 0 unspecified atom stereocenters. The smallest absolute Gasteiger partial charge is 0.245 e. The Hall–Kier alpha value is -1.32. The Kier molecular flexibility index (Phi) is 4.52. The highest BCUT2D eigenvalue weighted by Crippen LogP contribution is 2.12. The van der Waals surface area contributed by atoms with Crippen LogP contribution in [0.3, 0.4) is 0 Å². The van der Waals surface area contributed by atoms with Gasteiger partial charge in [-0.05, 0) is 24.8 Å². The normalized spacial score (nSPS) is 17.3. The van der Waals surface area contributed by atoms with Gasteiger partial charge in [0.25, 0.3) is 0 Å². The Morgan fingerprint density at radius 3 is 2.31 bits per heavy atom. The van der Waals surface area contributed by atoms with Crippen LogP contribution in [0.25, 0.3) is 0 Å². The van der Waals surface area contributed by atoms with Gasteiger partial charge in [0.15, 0.2) is 0 Å². The highest BCUT2D eigenvalue weighted by atomic mass is 16.2. The van der Waals surface area contributed by atoms with E-state index in [0.29, 0.717) is 0 Å². The fraction of sp³-hybridized carbons (Fsp3) is 0.667. The number of hydrogen-bond acceptors (Lipinski definition) is 2. The lowest BCUT2D eigenvalue weighted by Gasteiger charge is -2.26. The minimum absolute atomic E-state index is 0.0303. The fourth-order valence-electron chi connectivity index (χ4n) is 1.86. The zero-order valence-corrected chi connectivity index (χ0v) is 10.0. The molecule has 1 fully saturated rings. The summed E-state index contributed by atoms with van der Waals surface area (Å²) < 4.78 is 0. The minimum Gasteiger partial charge on any atom is -0.341 e. The first-order valence-corrected chi connectivity index (χ1v) is 5.78. The maximum atomic E-state index is 12.1. The monoisotopic (exact) mass is 224 g/mol. The number of hydrogen-bond donors (Lipinski definition) is 1. The molecule has 16 heavy (non-hydrogen) atoms. The maximum Gasteiger partial charge on any atom is 0.245 e. The second kappa shape index (κ2) is 5.68. The summed E-state index contributed by atoms with van der Waals surface area (Å²) in [5, 5.41) is 2.69. The number of rotatable bonds is 4. The lowest BCUT2D eigenvalue weighted by molar-refractivity contribution is -0.135. The van der Waals surface area contributed by atoms with Crippen LogP contribution in [0, 0.1) is 5.92 Å². The van der Waals surface area contributed by atoms with E-state index in [4.69, 9.17) is 0 Å². The van der Waals surface area contributed by atoms with E-state index in [0.717, 1.165) is 25.9 Å². The fourth-order valence-corrected chi connectivity index (χ4v) is 1.86. The van der Waals surface area contributed by atoms with Gasteiger partial charge < -0.3 is 10.2 Å². The molecular formula is C12H20N2O2. The predicted molar refractivity (Wildman–Crippen MR) is 62.8 cm³/mol. The lowest BCUT2D eigenvalue weighted by Crippen LogP contribution is -2.50. The van der Waals surface area contributed by atoms with Crippen molar-refractivity contribution < 1.29 is 9.59 Å². The summed E-state index contributed by atoms with van der Waals surface area (Å²) >= 11 is 0. The second-order valence-corrected chi connectivity index (χ2v) is 4.47. The largest absolute Gasteiger partial charge is 0.341 e. The molecule has 0 bridgehead atoms. The molecule has 1 rings (SSSR count). The molecule has 4 heteroatoms. The van der Waals surface area contributed by atoms with E-state index in [1.807, 2.05) is 18.7 Å². The standard InChI is InChI=1S/C12H20N2O2/c1-4-10(15)13-11(9(2)3)12(16)14-7-5-6-8-14/h4,9,11H,1,5-8H2,2-3H3,(H,13,15)/t11-/m0/s1. The Morgan fingerprint density at radius 2 is 1.88 bits per heavy atom. The van der Waals surface area contributed by atoms with Crippen LogP contribution >= 0.6 is 0 Å². The molecule has 1 heterocycles. The average molecular weight is 224 g/mol. The number of nitrogens with one attached hydrogen (secondary N) is 1. The number of likely N-dealkylation sites (tertiary alicyclic amines) is 1. The summed E-state index contributed by atoms with van der Waals surface area (Å²) in [5.74, 6) is -0.161. The van der Waals surface area contributed by atoms with E-state index in [2.05, 4.69) is 11.9 Å². The number of carbonyl (C=O) groups is 2. The van der Waals surface area contributed by atoms with Crippen LogP contribution in [-0.2, 0) is 9.59 Å². The van der Waals surface area contributed by atoms with Gasteiger partial charge in [-0.15, -0.1) is 0 Å². The molecule has 4 nitrogen and oxygen atoms in total. The molecule has 0 saturated carbocycles. The van der Waals surface area contributed by atoms with Gasteiger partial charge in [0.2, 0.25) is 11.8 Å². The van der Waals surface area contributed by atoms with E-state index >= 15 is 0 Å². The van der Waals surface area contributed by atoms with Crippen LogP contribution in [-0.4, -0.2) is 35.8 Å². The summed E-state index contributed by atoms with van der Waals surface area (Å²) in [7, 11) is 0. The molecule has 1 aliphatic heterocycles. The molecule has 1 aliphatic rings. The summed E-state index contributed by atoms with van der Waals surface area (Å²) in [6.07, 6.45) is 3.32. The van der Waals surface area contributed by atoms with E-state index in [-0.39, 0.29) is 17.7 Å². The van der Waals surface area contributed by atoms with Gasteiger partial charge in [-0.25, -0.2) is 0 Å². The molecule has 1 N–H and O–H groups in total. The van der Waals surface area contributed by atoms with Crippen molar-refractivity contribution in [1.29, 1.82) is 0 Å². The summed E-state index contributed by atoms with van der Waals surface area (Å²) in [5.41, 5.74) is 0. The predicted octanol–water partition coefficient (Wildman–Crippen LogP) is 0.936. The number of carbonyl (C=O) groups excluding carboxylic acids is 2. The molecular weight excluding hydrogens is 204 g/mol. The van der Waals surface area contributed by atoms with Gasteiger partial charge in [0.05, 0.1) is 0 Å². The van der Waals surface area contributed by atoms with E-state index in [1.54, 1.807) is 0 Å². The summed E-state index contributed by atoms with van der Waals surface area (Å²) in [6, 6.07) is -0.427. The summed E-state index contributed by atoms with van der Waals surface area (Å²) in [6.45, 7) is 8.88. The molecule has 1 atom stereocenters. The average Bonchev–Trinajstić information content (AvgIpc) is 2.77. The maximum absolute atomic E-state index is 12.1. The highest BCUT2D eigenvalue weighted by Gasteiger charge is 2.29. The molecule has 0 spiro atoms. The zero-order valence-electron chi connectivity index (χ0n) is 10.0. The van der Waals surface area contributed by atoms with E-state index in [1.165, 1.54) is 6.08 Å². The molecule has 0 radical (unpaired) electrons. The topological polar surface area (TPSA) is 49.4 Å². The molecule has 0 aromatic carbocycles. The van der Waals surface area contributed by atoms with Crippen molar-refractivity contribution in [3.05, 3.63) is 12.7 Å². The minimum atomic E-state index is -0.427. The van der Waals surface area contributed by atoms with Gasteiger partial charge in [0, 0.05) is 13.1 Å². The number of nitrogens with zero attached hydrogens (tertiary/aromatic N) is 1. The van der Waals surface area contributed by atoms with Crippen molar-refractivity contribution in [2.75, 3.05) is 13.1 Å². The molecule has 0 aromatic heterocycles. The molecule has 1 saturated heterocycles. The van der Waals surface area contributed by atoms with Crippen molar-refractivity contribution in [2.45, 2.75) is 32.7 Å². The van der Waals surface area contributed by atoms with Gasteiger partial charge >= 0.3 is 0 Å². The molecule has 0 aliphatic carbocycles. The van der Waals surface area contributed by atoms with Crippen molar-refractivity contribution in [1.82, 2.24) is 10.2 Å². The quantitative estimate of drug-likeness (QED) is 0.722. The first-order chi connectivity index (χ1) is 7.56. The van der Waals surface area contributed by atoms with Crippen molar-refractivity contribution in [3.63, 3.8) is 0 Å². The molecule has 2 amide bonds. The lowest BCUT2D eigenvalue weighted by atomic mass is 10.0. The third-order valence-electron chi connectivity index (χ3n) is 2.83. The number of amides is 2. The van der Waals surface area contributed by atoms with E-state index in [9.17, 15) is 9.59 Å². The zero-order chi connectivity index (χ0) is 12.1. The van der Waals surface area contributed by atoms with Crippen molar-refractivity contribution in [2.24, 2.45) is 5.92 Å². The van der Waals surface area contributed by atoms with Crippen molar-refractivity contribution in [3.8, 4) is 0 Å². The van der Waals surface area contributed by atoms with Crippen LogP contribution in [0.5, 0.6) is 0 Å². The van der Waals surface area contributed by atoms with Gasteiger partial charge in [-0.1, -0.05) is 20.4 Å². The van der Waals surface area contributed by atoms with Gasteiger partial charge in [0.1, 0.15) is 6.04 Å². The van der Waals surface area contributed by atoms with Crippen LogP contribution in [0.4, 0.5) is 0 Å². The highest BCUT2D eigenvalue weighted by molar-refractivity contribution is 5.92. The van der Waals surface area contributed by atoms with Crippen LogP contribution in [0.1, 0.15) is 26.7 Å². The first-order valence-electron chi connectivity index (χ1n) is 5.78. The van der Waals surface area contributed by atoms with Crippen molar-refractivity contribution >= 4 is 11.8 Å². The Bertz CT molecular complexity index is 281. The van der Waals surface area contributed by atoms with Gasteiger partial charge in [-0.2, -0.15) is 0 Å². The van der Waals surface area contributed by atoms with Crippen LogP contribution < -0.4 is 5.32 Å². The Balaban J connectivity index is 2.64. The third kappa shape index (κ3) is 3.08. The summed E-state index contributed by atoms with van der Waals surface area (Å²) in [4.78, 5) is 25.2.